The van der Waals surface area contributed by atoms with Gasteiger partial charge in [0, 0.05) is 0 Å². The monoisotopic (exact) mass is 321 g/mol. The Morgan fingerprint density at radius 2 is 1.50 bits per heavy atom. The van der Waals surface area contributed by atoms with Crippen LogP contribution in [0.2, 0.25) is 0 Å². The van der Waals surface area contributed by atoms with Crippen LogP contribution in [0.1, 0.15) is 5.69 Å². The second-order valence-electron chi connectivity index (χ2n) is 5.03. The van der Waals surface area contributed by atoms with Crippen LogP contribution in [-0.2, 0) is 0 Å². The summed E-state index contributed by atoms with van der Waals surface area (Å²) in [5, 5.41) is 13.1. The Bertz CT molecular complexity index is 801. The fraction of sp³-hybridized carbons (Fsp3) is 0.0588. The maximum absolute atomic E-state index is 11.4. The van der Waals surface area contributed by atoms with E-state index in [1.54, 1.807) is 11.9 Å². The maximum Gasteiger partial charge on any atom is 0.334 e. The average molecular weight is 321 g/mol. The highest BCUT2D eigenvalue weighted by atomic mass is 16.6. The molecule has 3 rings (SSSR count). The fourth-order valence-electron chi connectivity index (χ4n) is 2.31. The molecule has 0 bridgehead atoms. The summed E-state index contributed by atoms with van der Waals surface area (Å²) in [5.41, 5.74) is 4.86. The van der Waals surface area contributed by atoms with Crippen molar-refractivity contribution in [3.05, 3.63) is 82.8 Å². The standard InChI is InChI=1S/C17H15N5O2/c1-13-16(22(23)24)17(19-12-18-13)20-21(14-8-4-2-5-9-14)15-10-6-3-7-11-15/h2-12H,1H3,(H,18,19,20). The molecule has 0 fully saturated rings. The van der Waals surface area contributed by atoms with Crippen LogP contribution in [0.3, 0.4) is 0 Å². The minimum Gasteiger partial charge on any atom is -0.271 e. The van der Waals surface area contributed by atoms with Gasteiger partial charge in [-0.15, -0.1) is 0 Å². The highest BCUT2D eigenvalue weighted by Gasteiger charge is 2.22. The van der Waals surface area contributed by atoms with E-state index in [0.717, 1.165) is 11.4 Å². The minimum atomic E-state index is -0.480. The Morgan fingerprint density at radius 3 is 2.00 bits per heavy atom. The summed E-state index contributed by atoms with van der Waals surface area (Å²) in [7, 11) is 0. The van der Waals surface area contributed by atoms with E-state index in [0.29, 0.717) is 5.69 Å². The molecule has 0 atom stereocenters. The number of aromatic nitrogens is 2. The number of nitrogens with one attached hydrogen (secondary N) is 1. The molecule has 0 aliphatic carbocycles. The summed E-state index contributed by atoms with van der Waals surface area (Å²) < 4.78 is 0. The van der Waals surface area contributed by atoms with E-state index in [1.807, 2.05) is 60.7 Å². The van der Waals surface area contributed by atoms with Gasteiger partial charge in [0.1, 0.15) is 12.0 Å². The molecule has 0 aliphatic rings. The van der Waals surface area contributed by atoms with Gasteiger partial charge in [-0.05, 0) is 31.2 Å². The Kier molecular flexibility index (Phi) is 4.33. The van der Waals surface area contributed by atoms with Crippen molar-refractivity contribution in [3.8, 4) is 0 Å². The van der Waals surface area contributed by atoms with Crippen molar-refractivity contribution in [2.24, 2.45) is 0 Å². The molecule has 0 saturated carbocycles. The van der Waals surface area contributed by atoms with Gasteiger partial charge in [0.15, 0.2) is 0 Å². The summed E-state index contributed by atoms with van der Waals surface area (Å²) in [6.45, 7) is 1.58. The van der Waals surface area contributed by atoms with Gasteiger partial charge in [-0.25, -0.2) is 9.97 Å². The van der Waals surface area contributed by atoms with Crippen LogP contribution in [-0.4, -0.2) is 14.9 Å². The van der Waals surface area contributed by atoms with Crippen molar-refractivity contribution < 1.29 is 4.92 Å². The van der Waals surface area contributed by atoms with Crippen LogP contribution in [0.25, 0.3) is 0 Å². The summed E-state index contributed by atoms with van der Waals surface area (Å²) in [4.78, 5) is 18.8. The number of anilines is 3. The molecule has 0 aliphatic heterocycles. The maximum atomic E-state index is 11.4. The van der Waals surface area contributed by atoms with Gasteiger partial charge in [-0.3, -0.25) is 20.5 Å². The second-order valence-corrected chi connectivity index (χ2v) is 5.03. The molecule has 2 aromatic carbocycles. The highest BCUT2D eigenvalue weighted by molar-refractivity contribution is 5.70. The van der Waals surface area contributed by atoms with E-state index in [1.165, 1.54) is 6.33 Å². The number of nitro groups is 1. The number of rotatable bonds is 5. The molecule has 0 saturated heterocycles. The number of hydrogen-bond donors (Lipinski definition) is 1. The number of benzene rings is 2. The van der Waals surface area contributed by atoms with Crippen LogP contribution >= 0.6 is 0 Å². The number of hydrazine groups is 1. The molecule has 7 nitrogen and oxygen atoms in total. The number of para-hydroxylation sites is 2. The van der Waals surface area contributed by atoms with E-state index in [-0.39, 0.29) is 11.5 Å². The van der Waals surface area contributed by atoms with Gasteiger partial charge in [0.05, 0.1) is 16.3 Å². The van der Waals surface area contributed by atoms with Crippen LogP contribution in [0, 0.1) is 17.0 Å². The lowest BCUT2D eigenvalue weighted by Gasteiger charge is -2.25. The van der Waals surface area contributed by atoms with E-state index >= 15 is 0 Å². The summed E-state index contributed by atoms with van der Waals surface area (Å²) in [6, 6.07) is 19.0. The van der Waals surface area contributed by atoms with E-state index < -0.39 is 4.92 Å². The normalized spacial score (nSPS) is 10.2. The zero-order valence-corrected chi connectivity index (χ0v) is 13.0. The van der Waals surface area contributed by atoms with Gasteiger partial charge >= 0.3 is 5.69 Å². The Balaban J connectivity index is 2.06. The summed E-state index contributed by atoms with van der Waals surface area (Å²) >= 11 is 0. The SMILES string of the molecule is Cc1ncnc(NN(c2ccccc2)c2ccccc2)c1[N+](=O)[O-]. The number of nitrogens with zero attached hydrogens (tertiary/aromatic N) is 4. The van der Waals surface area contributed by atoms with Crippen LogP contribution in [0.4, 0.5) is 22.9 Å². The van der Waals surface area contributed by atoms with Crippen LogP contribution in [0.5, 0.6) is 0 Å². The predicted octanol–water partition coefficient (Wildman–Crippen LogP) is 3.86. The van der Waals surface area contributed by atoms with Crippen molar-refractivity contribution in [2.75, 3.05) is 10.4 Å². The molecule has 3 aromatic rings. The van der Waals surface area contributed by atoms with Gasteiger partial charge in [-0.1, -0.05) is 36.4 Å². The first-order valence-electron chi connectivity index (χ1n) is 7.29. The lowest BCUT2D eigenvalue weighted by Crippen LogP contribution is -2.25. The van der Waals surface area contributed by atoms with Crippen molar-refractivity contribution in [3.63, 3.8) is 0 Å². The van der Waals surface area contributed by atoms with E-state index in [9.17, 15) is 10.1 Å². The largest absolute Gasteiger partial charge is 0.334 e. The summed E-state index contributed by atoms with van der Waals surface area (Å²) in [5.74, 6) is 0.139. The third-order valence-corrected chi connectivity index (χ3v) is 3.43. The molecular weight excluding hydrogens is 306 g/mol. The lowest BCUT2D eigenvalue weighted by molar-refractivity contribution is -0.385. The summed E-state index contributed by atoms with van der Waals surface area (Å²) in [6.07, 6.45) is 1.30. The van der Waals surface area contributed by atoms with Crippen molar-refractivity contribution >= 4 is 22.9 Å². The molecule has 0 radical (unpaired) electrons. The fourth-order valence-corrected chi connectivity index (χ4v) is 2.31. The molecule has 7 heteroatoms. The lowest BCUT2D eigenvalue weighted by atomic mass is 10.2. The van der Waals surface area contributed by atoms with E-state index in [4.69, 9.17) is 0 Å². The molecule has 120 valence electrons. The van der Waals surface area contributed by atoms with Gasteiger partial charge in [0.25, 0.3) is 0 Å². The van der Waals surface area contributed by atoms with Crippen LogP contribution < -0.4 is 10.4 Å². The predicted molar refractivity (Wildman–Crippen MR) is 92.1 cm³/mol. The molecule has 0 spiro atoms. The number of hydrogen-bond acceptors (Lipinski definition) is 6. The first-order chi connectivity index (χ1) is 11.7. The second kappa shape index (κ2) is 6.74. The zero-order valence-electron chi connectivity index (χ0n) is 13.0. The van der Waals surface area contributed by atoms with Gasteiger partial charge in [-0.2, -0.15) is 0 Å². The molecule has 1 aromatic heterocycles. The van der Waals surface area contributed by atoms with Crippen molar-refractivity contribution in [2.45, 2.75) is 6.92 Å². The number of aryl methyl sites for hydroxylation is 1. The first kappa shape index (κ1) is 15.4. The topological polar surface area (TPSA) is 84.2 Å². The van der Waals surface area contributed by atoms with Crippen molar-refractivity contribution in [1.29, 1.82) is 0 Å². The van der Waals surface area contributed by atoms with E-state index in [2.05, 4.69) is 15.4 Å². The Morgan fingerprint density at radius 1 is 0.958 bits per heavy atom. The molecule has 24 heavy (non-hydrogen) atoms. The minimum absolute atomic E-state index is 0.139. The molecule has 0 unspecified atom stereocenters. The van der Waals surface area contributed by atoms with Gasteiger partial charge in [0.2, 0.25) is 5.82 Å². The molecule has 1 N–H and O–H groups in total. The molecule has 1 heterocycles. The van der Waals surface area contributed by atoms with Gasteiger partial charge < -0.3 is 0 Å². The average Bonchev–Trinajstić information content (AvgIpc) is 2.61. The Hall–Kier alpha value is -3.48. The van der Waals surface area contributed by atoms with Crippen LogP contribution in [0.15, 0.2) is 67.0 Å². The van der Waals surface area contributed by atoms with Crippen molar-refractivity contribution in [1.82, 2.24) is 9.97 Å². The quantitative estimate of drug-likeness (QED) is 0.567. The highest BCUT2D eigenvalue weighted by Crippen LogP contribution is 2.29. The third kappa shape index (κ3) is 3.14. The molecule has 0 amide bonds. The smallest absolute Gasteiger partial charge is 0.271 e. The molecular formula is C17H15N5O2. The Labute approximate surface area is 138 Å². The third-order valence-electron chi connectivity index (χ3n) is 3.43. The first-order valence-corrected chi connectivity index (χ1v) is 7.29. The zero-order chi connectivity index (χ0) is 16.9.